The highest BCUT2D eigenvalue weighted by atomic mass is 16.5. The Bertz CT molecular complexity index is 1170. The van der Waals surface area contributed by atoms with Crippen molar-refractivity contribution in [2.45, 2.75) is 360 Å². The van der Waals surface area contributed by atoms with Crippen LogP contribution < -0.4 is 5.32 Å². The van der Waals surface area contributed by atoms with E-state index in [1.165, 1.54) is 263 Å². The summed E-state index contributed by atoms with van der Waals surface area (Å²) in [6, 6.07) is -0.537. The maximum Gasteiger partial charge on any atom is 0.305 e. The molecule has 2 atom stereocenters. The van der Waals surface area contributed by atoms with Gasteiger partial charge in [0.2, 0.25) is 5.91 Å². The summed E-state index contributed by atoms with van der Waals surface area (Å²) in [6.45, 7) is 4.88. The summed E-state index contributed by atoms with van der Waals surface area (Å²) in [6.07, 6.45) is 77.6. The van der Waals surface area contributed by atoms with Crippen molar-refractivity contribution >= 4 is 11.9 Å². The first-order valence-corrected chi connectivity index (χ1v) is 32.2. The summed E-state index contributed by atoms with van der Waals surface area (Å²) in [7, 11) is 0. The standard InChI is InChI=1S/C66H125NO5/c1-3-5-7-9-11-13-15-36-40-44-48-52-56-60-66(71)72-61-57-53-49-45-41-38-35-33-31-29-27-25-23-21-19-17-16-18-20-22-24-26-28-30-32-34-37-39-43-47-51-55-59-65(70)67-63(62-68)64(69)58-54-50-46-42-14-12-10-8-6-4-2/h7,9,13,15,19,21,63-64,68-69H,3-6,8,10-12,14,16-18,20,22-62H2,1-2H3,(H,67,70)/b9-7-,15-13-,21-19-. The number of aliphatic hydroxyl groups is 2. The van der Waals surface area contributed by atoms with E-state index in [2.05, 4.69) is 55.6 Å². The quantitative estimate of drug-likeness (QED) is 0.0320. The van der Waals surface area contributed by atoms with Crippen molar-refractivity contribution in [3.63, 3.8) is 0 Å². The zero-order chi connectivity index (χ0) is 52.2. The lowest BCUT2D eigenvalue weighted by molar-refractivity contribution is -0.143. The van der Waals surface area contributed by atoms with Crippen molar-refractivity contribution in [3.05, 3.63) is 36.5 Å². The second-order valence-electron chi connectivity index (χ2n) is 22.1. The number of ether oxygens (including phenoxy) is 1. The molecule has 2 unspecified atom stereocenters. The largest absolute Gasteiger partial charge is 0.466 e. The molecule has 0 saturated heterocycles. The van der Waals surface area contributed by atoms with Crippen molar-refractivity contribution in [1.29, 1.82) is 0 Å². The number of hydrogen-bond acceptors (Lipinski definition) is 5. The van der Waals surface area contributed by atoms with Crippen LogP contribution in [-0.4, -0.2) is 47.4 Å². The molecule has 72 heavy (non-hydrogen) atoms. The topological polar surface area (TPSA) is 95.9 Å². The van der Waals surface area contributed by atoms with Gasteiger partial charge in [0.25, 0.3) is 0 Å². The van der Waals surface area contributed by atoms with Gasteiger partial charge in [0.1, 0.15) is 0 Å². The molecule has 0 aromatic carbocycles. The van der Waals surface area contributed by atoms with Gasteiger partial charge in [-0.2, -0.15) is 0 Å². The molecule has 424 valence electrons. The van der Waals surface area contributed by atoms with Gasteiger partial charge in [-0.05, 0) is 77.0 Å². The normalized spacial score (nSPS) is 12.8. The maximum absolute atomic E-state index is 12.4. The van der Waals surface area contributed by atoms with Gasteiger partial charge in [-0.25, -0.2) is 0 Å². The summed E-state index contributed by atoms with van der Waals surface area (Å²) in [5.41, 5.74) is 0. The Balaban J connectivity index is 3.33. The van der Waals surface area contributed by atoms with E-state index >= 15 is 0 Å². The summed E-state index contributed by atoms with van der Waals surface area (Å²) in [5, 5.41) is 23.2. The number of amides is 1. The van der Waals surface area contributed by atoms with Crippen LogP contribution in [0.5, 0.6) is 0 Å². The van der Waals surface area contributed by atoms with Crippen molar-refractivity contribution in [2.75, 3.05) is 13.2 Å². The molecule has 0 aliphatic rings. The monoisotopic (exact) mass is 1010 g/mol. The molecule has 0 radical (unpaired) electrons. The molecule has 6 nitrogen and oxygen atoms in total. The predicted molar refractivity (Wildman–Crippen MR) is 315 cm³/mol. The molecular formula is C66H125NO5. The summed E-state index contributed by atoms with van der Waals surface area (Å²) >= 11 is 0. The van der Waals surface area contributed by atoms with Gasteiger partial charge < -0.3 is 20.3 Å². The Morgan fingerprint density at radius 2 is 0.722 bits per heavy atom. The minimum Gasteiger partial charge on any atom is -0.466 e. The number of unbranched alkanes of at least 4 members (excludes halogenated alkanes) is 43. The summed E-state index contributed by atoms with van der Waals surface area (Å²) in [4.78, 5) is 24.5. The minimum absolute atomic E-state index is 0.00268. The first kappa shape index (κ1) is 70.1. The number of carbonyl (C=O) groups is 2. The van der Waals surface area contributed by atoms with Crippen LogP contribution in [0.3, 0.4) is 0 Å². The lowest BCUT2D eigenvalue weighted by atomic mass is 10.0. The van der Waals surface area contributed by atoms with Crippen LogP contribution in [0.4, 0.5) is 0 Å². The van der Waals surface area contributed by atoms with Crippen molar-refractivity contribution in [3.8, 4) is 0 Å². The Labute approximate surface area is 449 Å². The van der Waals surface area contributed by atoms with E-state index in [0.29, 0.717) is 25.9 Å². The van der Waals surface area contributed by atoms with Gasteiger partial charge in [0.05, 0.1) is 25.4 Å². The highest BCUT2D eigenvalue weighted by molar-refractivity contribution is 5.76. The number of rotatable bonds is 60. The molecule has 0 spiro atoms. The number of hydrogen-bond donors (Lipinski definition) is 3. The zero-order valence-electron chi connectivity index (χ0n) is 48.4. The fourth-order valence-corrected chi connectivity index (χ4v) is 9.97. The van der Waals surface area contributed by atoms with Crippen LogP contribution in [0.1, 0.15) is 348 Å². The zero-order valence-corrected chi connectivity index (χ0v) is 48.4. The minimum atomic E-state index is -0.660. The molecule has 0 aliphatic heterocycles. The summed E-state index contributed by atoms with van der Waals surface area (Å²) in [5.74, 6) is -0.0304. The third-order valence-corrected chi connectivity index (χ3v) is 14.9. The Kier molecular flexibility index (Phi) is 60.0. The van der Waals surface area contributed by atoms with Crippen LogP contribution >= 0.6 is 0 Å². The first-order valence-electron chi connectivity index (χ1n) is 32.2. The van der Waals surface area contributed by atoms with E-state index in [9.17, 15) is 19.8 Å². The van der Waals surface area contributed by atoms with E-state index in [-0.39, 0.29) is 18.5 Å². The number of carbonyl (C=O) groups excluding carboxylic acids is 2. The summed E-state index contributed by atoms with van der Waals surface area (Å²) < 4.78 is 5.47. The molecule has 0 aliphatic carbocycles. The van der Waals surface area contributed by atoms with Crippen LogP contribution in [0.25, 0.3) is 0 Å². The lowest BCUT2D eigenvalue weighted by Crippen LogP contribution is -2.45. The maximum atomic E-state index is 12.4. The number of nitrogens with one attached hydrogen (secondary N) is 1. The fraction of sp³-hybridized carbons (Fsp3) is 0.879. The van der Waals surface area contributed by atoms with Gasteiger partial charge in [-0.15, -0.1) is 0 Å². The van der Waals surface area contributed by atoms with Crippen LogP contribution in [-0.2, 0) is 14.3 Å². The lowest BCUT2D eigenvalue weighted by Gasteiger charge is -2.22. The Morgan fingerprint density at radius 3 is 1.12 bits per heavy atom. The average molecular weight is 1010 g/mol. The Hall–Kier alpha value is -1.92. The van der Waals surface area contributed by atoms with E-state index < -0.39 is 12.1 Å². The van der Waals surface area contributed by atoms with Gasteiger partial charge in [0, 0.05) is 12.8 Å². The van der Waals surface area contributed by atoms with Crippen LogP contribution in [0, 0.1) is 0 Å². The molecule has 0 aromatic heterocycles. The molecule has 0 bridgehead atoms. The molecule has 0 saturated carbocycles. The second-order valence-corrected chi connectivity index (χ2v) is 22.1. The molecule has 0 fully saturated rings. The van der Waals surface area contributed by atoms with E-state index in [1.807, 2.05) is 0 Å². The smallest absolute Gasteiger partial charge is 0.305 e. The molecule has 0 heterocycles. The van der Waals surface area contributed by atoms with E-state index in [0.717, 1.165) is 51.4 Å². The van der Waals surface area contributed by atoms with Crippen LogP contribution in [0.15, 0.2) is 36.5 Å². The van der Waals surface area contributed by atoms with E-state index in [4.69, 9.17) is 4.74 Å². The van der Waals surface area contributed by atoms with Gasteiger partial charge >= 0.3 is 5.97 Å². The second kappa shape index (κ2) is 61.6. The number of aliphatic hydroxyl groups excluding tert-OH is 2. The highest BCUT2D eigenvalue weighted by Gasteiger charge is 2.20. The molecule has 6 heteroatoms. The molecule has 0 aromatic rings. The van der Waals surface area contributed by atoms with Gasteiger partial charge in [-0.1, -0.05) is 294 Å². The molecule has 3 N–H and O–H groups in total. The fourth-order valence-electron chi connectivity index (χ4n) is 9.97. The highest BCUT2D eigenvalue weighted by Crippen LogP contribution is 2.18. The molecule has 0 rings (SSSR count). The van der Waals surface area contributed by atoms with Crippen molar-refractivity contribution in [2.24, 2.45) is 0 Å². The SMILES string of the molecule is CCC/C=C\C/C=C\CCCCCCCC(=O)OCCCCCCCCCCCCCC/C=C\CCCCCCCCCCCCCCCCCCC(=O)NC(CO)C(O)CCCCCCCCCCCC. The average Bonchev–Trinajstić information content (AvgIpc) is 3.38. The third-order valence-electron chi connectivity index (χ3n) is 14.9. The predicted octanol–water partition coefficient (Wildman–Crippen LogP) is 20.4. The Morgan fingerprint density at radius 1 is 0.389 bits per heavy atom. The van der Waals surface area contributed by atoms with Crippen molar-refractivity contribution in [1.82, 2.24) is 5.32 Å². The molecule has 1 amide bonds. The van der Waals surface area contributed by atoms with Crippen molar-refractivity contribution < 1.29 is 24.5 Å². The first-order chi connectivity index (χ1) is 35.5. The number of allylic oxidation sites excluding steroid dienone is 6. The van der Waals surface area contributed by atoms with Gasteiger partial charge in [0.15, 0.2) is 0 Å². The van der Waals surface area contributed by atoms with Gasteiger partial charge in [-0.3, -0.25) is 9.59 Å². The third kappa shape index (κ3) is 57.4. The van der Waals surface area contributed by atoms with Crippen LogP contribution in [0.2, 0.25) is 0 Å². The molecular weight excluding hydrogens is 887 g/mol. The number of esters is 1. The van der Waals surface area contributed by atoms with E-state index in [1.54, 1.807) is 0 Å².